The summed E-state index contributed by atoms with van der Waals surface area (Å²) in [6, 6.07) is 5.60. The van der Waals surface area contributed by atoms with Crippen LogP contribution < -0.4 is 0 Å². The van der Waals surface area contributed by atoms with Crippen LogP contribution in [0.2, 0.25) is 5.02 Å². The molecule has 0 saturated carbocycles. The Morgan fingerprint density at radius 2 is 2.25 bits per heavy atom. The summed E-state index contributed by atoms with van der Waals surface area (Å²) in [4.78, 5) is 7.18. The smallest absolute Gasteiger partial charge is 0.107 e. The largest absolute Gasteiger partial charge is 0.349 e. The number of rotatable bonds is 3. The quantitative estimate of drug-likeness (QED) is 0.837. The topological polar surface area (TPSA) is 28.7 Å². The molecule has 0 aliphatic rings. The van der Waals surface area contributed by atoms with Crippen LogP contribution in [-0.4, -0.2) is 9.97 Å². The highest BCUT2D eigenvalue weighted by atomic mass is 79.9. The molecule has 1 unspecified atom stereocenters. The fourth-order valence-electron chi connectivity index (χ4n) is 1.44. The fourth-order valence-corrected chi connectivity index (χ4v) is 2.87. The van der Waals surface area contributed by atoms with Crippen LogP contribution in [0.1, 0.15) is 16.8 Å². The number of nitrogens with one attached hydrogen (secondary N) is 1. The van der Waals surface area contributed by atoms with E-state index in [-0.39, 0.29) is 5.38 Å². The Hall–Kier alpha value is -0.510. The lowest BCUT2D eigenvalue weighted by molar-refractivity contribution is 0.851. The van der Waals surface area contributed by atoms with E-state index < -0.39 is 0 Å². The summed E-state index contributed by atoms with van der Waals surface area (Å²) < 4.78 is 0.923. The second-order valence-corrected chi connectivity index (χ2v) is 5.19. The van der Waals surface area contributed by atoms with Gasteiger partial charge in [0, 0.05) is 28.3 Å². The number of imidazole rings is 1. The predicted octanol–water partition coefficient (Wildman–Crippen LogP) is 4.35. The van der Waals surface area contributed by atoms with E-state index in [9.17, 15) is 0 Å². The van der Waals surface area contributed by atoms with Crippen molar-refractivity contribution in [3.05, 3.63) is 51.5 Å². The molecule has 0 fully saturated rings. The lowest BCUT2D eigenvalue weighted by atomic mass is 10.1. The fraction of sp³-hybridized carbons (Fsp3) is 0.182. The zero-order chi connectivity index (χ0) is 11.5. The van der Waals surface area contributed by atoms with Crippen molar-refractivity contribution >= 4 is 39.1 Å². The Kier molecular flexibility index (Phi) is 3.90. The van der Waals surface area contributed by atoms with Crippen molar-refractivity contribution in [3.63, 3.8) is 0 Å². The number of aromatic amines is 1. The second-order valence-electron chi connectivity index (χ2n) is 3.37. The molecule has 5 heteroatoms. The van der Waals surface area contributed by atoms with Crippen molar-refractivity contribution in [3.8, 4) is 0 Å². The Labute approximate surface area is 112 Å². The average molecular weight is 320 g/mol. The van der Waals surface area contributed by atoms with Crippen molar-refractivity contribution in [2.75, 3.05) is 0 Å². The average Bonchev–Trinajstić information content (AvgIpc) is 2.70. The number of H-pyrrole nitrogens is 1. The highest BCUT2D eigenvalue weighted by Gasteiger charge is 2.13. The standard InChI is InChI=1S/C11H9BrCl2N2/c12-9-5-7(13)1-2-8(9)10(14)6-11-15-3-4-16-11/h1-5,10H,6H2,(H,15,16). The molecule has 0 amide bonds. The molecule has 84 valence electrons. The van der Waals surface area contributed by atoms with Crippen LogP contribution in [0.4, 0.5) is 0 Å². The molecular formula is C11H9BrCl2N2. The van der Waals surface area contributed by atoms with E-state index >= 15 is 0 Å². The van der Waals surface area contributed by atoms with Gasteiger partial charge in [-0.05, 0) is 17.7 Å². The van der Waals surface area contributed by atoms with E-state index in [2.05, 4.69) is 25.9 Å². The van der Waals surface area contributed by atoms with Gasteiger partial charge in [-0.2, -0.15) is 0 Å². The van der Waals surface area contributed by atoms with Gasteiger partial charge in [0.1, 0.15) is 5.82 Å². The third-order valence-corrected chi connectivity index (χ3v) is 3.54. The van der Waals surface area contributed by atoms with Gasteiger partial charge in [-0.3, -0.25) is 0 Å². The molecule has 2 nitrogen and oxygen atoms in total. The lowest BCUT2D eigenvalue weighted by Crippen LogP contribution is -1.98. The first-order valence-corrected chi connectivity index (χ1v) is 6.35. The molecule has 1 atom stereocenters. The van der Waals surface area contributed by atoms with E-state index in [1.54, 1.807) is 12.4 Å². The number of halogens is 3. The molecule has 1 aromatic carbocycles. The molecule has 2 rings (SSSR count). The summed E-state index contributed by atoms with van der Waals surface area (Å²) in [6.45, 7) is 0. The summed E-state index contributed by atoms with van der Waals surface area (Å²) in [5.41, 5.74) is 1.02. The highest BCUT2D eigenvalue weighted by molar-refractivity contribution is 9.10. The lowest BCUT2D eigenvalue weighted by Gasteiger charge is -2.10. The van der Waals surface area contributed by atoms with Crippen molar-refractivity contribution < 1.29 is 0 Å². The van der Waals surface area contributed by atoms with Crippen LogP contribution in [-0.2, 0) is 6.42 Å². The molecule has 16 heavy (non-hydrogen) atoms. The van der Waals surface area contributed by atoms with Gasteiger partial charge in [-0.25, -0.2) is 4.98 Å². The number of hydrogen-bond donors (Lipinski definition) is 1. The molecule has 0 aliphatic heterocycles. The molecule has 1 aromatic heterocycles. The number of aromatic nitrogens is 2. The monoisotopic (exact) mass is 318 g/mol. The van der Waals surface area contributed by atoms with Gasteiger partial charge in [0.25, 0.3) is 0 Å². The van der Waals surface area contributed by atoms with Gasteiger partial charge in [0.05, 0.1) is 5.38 Å². The van der Waals surface area contributed by atoms with Crippen LogP contribution in [0.5, 0.6) is 0 Å². The zero-order valence-electron chi connectivity index (χ0n) is 8.25. The van der Waals surface area contributed by atoms with Crippen molar-refractivity contribution in [2.24, 2.45) is 0 Å². The van der Waals surface area contributed by atoms with Gasteiger partial charge in [-0.1, -0.05) is 33.6 Å². The summed E-state index contributed by atoms with van der Waals surface area (Å²) >= 11 is 15.6. The molecule has 1 heterocycles. The summed E-state index contributed by atoms with van der Waals surface area (Å²) in [5, 5.41) is 0.565. The minimum Gasteiger partial charge on any atom is -0.349 e. The van der Waals surface area contributed by atoms with Crippen molar-refractivity contribution in [1.82, 2.24) is 9.97 Å². The van der Waals surface area contributed by atoms with Crippen molar-refractivity contribution in [2.45, 2.75) is 11.8 Å². The van der Waals surface area contributed by atoms with Crippen LogP contribution in [0, 0.1) is 0 Å². The normalized spacial score (nSPS) is 12.7. The molecule has 0 radical (unpaired) electrons. The first-order valence-electron chi connectivity index (χ1n) is 4.74. The maximum absolute atomic E-state index is 6.32. The Balaban J connectivity index is 2.17. The van der Waals surface area contributed by atoms with Crippen LogP contribution >= 0.6 is 39.1 Å². The number of benzene rings is 1. The molecule has 0 aliphatic carbocycles. The van der Waals surface area contributed by atoms with Gasteiger partial charge < -0.3 is 4.98 Å². The van der Waals surface area contributed by atoms with E-state index in [1.165, 1.54) is 0 Å². The molecule has 0 spiro atoms. The summed E-state index contributed by atoms with van der Waals surface area (Å²) in [6.07, 6.45) is 4.17. The maximum atomic E-state index is 6.32. The third kappa shape index (κ3) is 2.78. The van der Waals surface area contributed by atoms with Crippen LogP contribution in [0.25, 0.3) is 0 Å². The second kappa shape index (κ2) is 5.21. The third-order valence-electron chi connectivity index (χ3n) is 2.23. The first-order chi connectivity index (χ1) is 7.66. The van der Waals surface area contributed by atoms with Gasteiger partial charge >= 0.3 is 0 Å². The van der Waals surface area contributed by atoms with E-state index in [0.717, 1.165) is 15.9 Å². The van der Waals surface area contributed by atoms with E-state index in [4.69, 9.17) is 23.2 Å². The number of alkyl halides is 1. The Morgan fingerprint density at radius 3 is 2.88 bits per heavy atom. The SMILES string of the molecule is Clc1ccc(C(Cl)Cc2ncc[nH]2)c(Br)c1. The van der Waals surface area contributed by atoms with E-state index in [1.807, 2.05) is 18.2 Å². The highest BCUT2D eigenvalue weighted by Crippen LogP contribution is 2.32. The predicted molar refractivity (Wildman–Crippen MR) is 70.0 cm³/mol. The summed E-state index contributed by atoms with van der Waals surface area (Å²) in [7, 11) is 0. The van der Waals surface area contributed by atoms with Crippen LogP contribution in [0.3, 0.4) is 0 Å². The molecule has 2 aromatic rings. The Bertz CT molecular complexity index is 471. The minimum absolute atomic E-state index is 0.127. The van der Waals surface area contributed by atoms with Crippen molar-refractivity contribution in [1.29, 1.82) is 0 Å². The van der Waals surface area contributed by atoms with Gasteiger partial charge in [0.15, 0.2) is 0 Å². The zero-order valence-corrected chi connectivity index (χ0v) is 11.4. The Morgan fingerprint density at radius 1 is 1.44 bits per heavy atom. The molecular weight excluding hydrogens is 311 g/mol. The molecule has 0 bridgehead atoms. The molecule has 1 N–H and O–H groups in total. The number of nitrogens with zero attached hydrogens (tertiary/aromatic N) is 1. The summed E-state index contributed by atoms with van der Waals surface area (Å²) in [5.74, 6) is 0.877. The molecule has 0 saturated heterocycles. The maximum Gasteiger partial charge on any atom is 0.107 e. The minimum atomic E-state index is -0.127. The van der Waals surface area contributed by atoms with Crippen LogP contribution in [0.15, 0.2) is 35.1 Å². The van der Waals surface area contributed by atoms with E-state index in [0.29, 0.717) is 11.4 Å². The van der Waals surface area contributed by atoms with Gasteiger partial charge in [-0.15, -0.1) is 11.6 Å². The number of hydrogen-bond acceptors (Lipinski definition) is 1. The first kappa shape index (κ1) is 12.0. The van der Waals surface area contributed by atoms with Gasteiger partial charge in [0.2, 0.25) is 0 Å².